The van der Waals surface area contributed by atoms with Crippen molar-refractivity contribution in [1.82, 2.24) is 0 Å². The summed E-state index contributed by atoms with van der Waals surface area (Å²) in [5.74, 6) is 0.228. The molecule has 17 heavy (non-hydrogen) atoms. The van der Waals surface area contributed by atoms with Crippen LogP contribution in [0.1, 0.15) is 13.3 Å². The fourth-order valence-electron chi connectivity index (χ4n) is 1.10. The minimum Gasteiger partial charge on any atom is -0.489 e. The first-order chi connectivity index (χ1) is 7.43. The van der Waals surface area contributed by atoms with Gasteiger partial charge in [0.1, 0.15) is 12.4 Å². The maximum absolute atomic E-state index is 12.4. The summed E-state index contributed by atoms with van der Waals surface area (Å²) < 4.78 is 42.5. The summed E-state index contributed by atoms with van der Waals surface area (Å²) in [4.78, 5) is 0. The molecule has 1 aromatic rings. The second-order valence-electron chi connectivity index (χ2n) is 3.54. The topological polar surface area (TPSA) is 9.23 Å². The molecular formula is C11H13BF3KO. The molecule has 0 aromatic heterocycles. The van der Waals surface area contributed by atoms with E-state index in [1.165, 1.54) is 12.1 Å². The maximum Gasteiger partial charge on any atom is 1.00 e. The smallest absolute Gasteiger partial charge is 0.489 e. The van der Waals surface area contributed by atoms with Gasteiger partial charge in [-0.2, -0.15) is 0 Å². The maximum atomic E-state index is 12.4. The molecule has 6 heteroatoms. The Labute approximate surface area is 142 Å². The molecule has 0 fully saturated rings. The first-order valence-corrected chi connectivity index (χ1v) is 5.03. The summed E-state index contributed by atoms with van der Waals surface area (Å²) >= 11 is 0. The molecule has 0 heterocycles. The third-order valence-corrected chi connectivity index (χ3v) is 2.18. The molecule has 0 amide bonds. The Morgan fingerprint density at radius 2 is 2.00 bits per heavy atom. The fraction of sp³-hybridized carbons (Fsp3) is 0.273. The van der Waals surface area contributed by atoms with Gasteiger partial charge in [0.2, 0.25) is 0 Å². The van der Waals surface area contributed by atoms with Crippen molar-refractivity contribution < 1.29 is 69.1 Å². The van der Waals surface area contributed by atoms with Crippen LogP contribution < -0.4 is 61.6 Å². The molecule has 0 N–H and O–H groups in total. The van der Waals surface area contributed by atoms with E-state index in [9.17, 15) is 12.9 Å². The number of hydrogen-bond donors (Lipinski definition) is 0. The van der Waals surface area contributed by atoms with E-state index in [1.54, 1.807) is 0 Å². The fourth-order valence-corrected chi connectivity index (χ4v) is 1.10. The molecule has 0 spiro atoms. The Hall–Kier alpha value is 0.251. The molecule has 88 valence electrons. The molecule has 1 rings (SSSR count). The number of halogens is 3. The zero-order chi connectivity index (χ0) is 12.2. The second-order valence-corrected chi connectivity index (χ2v) is 3.54. The van der Waals surface area contributed by atoms with Crippen LogP contribution in [0.4, 0.5) is 12.9 Å². The van der Waals surface area contributed by atoms with E-state index >= 15 is 0 Å². The molecule has 0 saturated carbocycles. The molecule has 0 aliphatic rings. The van der Waals surface area contributed by atoms with Crippen LogP contribution in [0.15, 0.2) is 36.4 Å². The Morgan fingerprint density at radius 3 is 2.53 bits per heavy atom. The largest absolute Gasteiger partial charge is 1.00 e. The summed E-state index contributed by atoms with van der Waals surface area (Å²) in [5.41, 5.74) is 0.211. The van der Waals surface area contributed by atoms with Crippen LogP contribution in [-0.4, -0.2) is 13.6 Å². The number of benzene rings is 1. The van der Waals surface area contributed by atoms with E-state index in [1.807, 2.05) is 6.92 Å². The third-order valence-electron chi connectivity index (χ3n) is 2.18. The summed E-state index contributed by atoms with van der Waals surface area (Å²) in [5, 5.41) is 0. The van der Waals surface area contributed by atoms with Crippen LogP contribution in [0, 0.1) is 0 Å². The predicted octanol–water partition coefficient (Wildman–Crippen LogP) is 0.0900. The zero-order valence-corrected chi connectivity index (χ0v) is 13.2. The van der Waals surface area contributed by atoms with E-state index in [0.29, 0.717) is 0 Å². The van der Waals surface area contributed by atoms with Crippen molar-refractivity contribution in [3.63, 3.8) is 0 Å². The van der Waals surface area contributed by atoms with Gasteiger partial charge >= 0.3 is 58.4 Å². The van der Waals surface area contributed by atoms with Crippen molar-refractivity contribution >= 4 is 12.4 Å². The van der Waals surface area contributed by atoms with Gasteiger partial charge in [-0.25, -0.2) is 0 Å². The van der Waals surface area contributed by atoms with Crippen molar-refractivity contribution in [3.8, 4) is 5.75 Å². The first kappa shape index (κ1) is 17.3. The molecule has 1 aromatic carbocycles. The molecule has 0 aliphatic heterocycles. The van der Waals surface area contributed by atoms with E-state index < -0.39 is 12.4 Å². The molecule has 0 radical (unpaired) electrons. The molecule has 1 nitrogen and oxygen atoms in total. The van der Waals surface area contributed by atoms with E-state index in [2.05, 4.69) is 6.58 Å². The van der Waals surface area contributed by atoms with Crippen LogP contribution in [0.5, 0.6) is 5.75 Å². The number of hydrogen-bond acceptors (Lipinski definition) is 1. The Bertz CT molecular complexity index is 379. The number of ether oxygens (including phenoxy) is 1. The standard InChI is InChI=1S/C11H13BF3O.K/c1-3-9(2)8-16-11-6-4-5-10(7-11)12(13,14)15;/h4-7H,2-3,8H2,1H3;/q-1;+1. The normalized spacial score (nSPS) is 10.6. The van der Waals surface area contributed by atoms with Gasteiger partial charge in [0.25, 0.3) is 0 Å². The van der Waals surface area contributed by atoms with E-state index in [0.717, 1.165) is 24.1 Å². The average Bonchev–Trinajstić information content (AvgIpc) is 2.25. The van der Waals surface area contributed by atoms with Gasteiger partial charge in [-0.05, 0) is 24.1 Å². The van der Waals surface area contributed by atoms with Gasteiger partial charge in [0.15, 0.2) is 0 Å². The SMILES string of the molecule is C=C(CC)COc1cccc([B-](F)(F)F)c1.[K+]. The van der Waals surface area contributed by atoms with E-state index in [-0.39, 0.29) is 63.7 Å². The van der Waals surface area contributed by atoms with Crippen LogP contribution in [0.2, 0.25) is 0 Å². The van der Waals surface area contributed by atoms with Crippen molar-refractivity contribution in [1.29, 1.82) is 0 Å². The summed E-state index contributed by atoms with van der Waals surface area (Å²) in [6, 6.07) is 4.91. The van der Waals surface area contributed by atoms with Gasteiger partial charge in [-0.15, -0.1) is 5.46 Å². The molecule has 0 unspecified atom stereocenters. The van der Waals surface area contributed by atoms with Gasteiger partial charge in [0, 0.05) is 0 Å². The zero-order valence-electron chi connectivity index (χ0n) is 10.1. The third kappa shape index (κ3) is 6.11. The van der Waals surface area contributed by atoms with Crippen molar-refractivity contribution in [2.24, 2.45) is 0 Å². The van der Waals surface area contributed by atoms with Crippen LogP contribution >= 0.6 is 0 Å². The molecule has 0 saturated heterocycles. The minimum atomic E-state index is -4.96. The van der Waals surface area contributed by atoms with Crippen molar-refractivity contribution in [2.75, 3.05) is 6.61 Å². The average molecular weight is 268 g/mol. The minimum absolute atomic E-state index is 0. The number of rotatable bonds is 5. The van der Waals surface area contributed by atoms with Gasteiger partial charge in [0.05, 0.1) is 0 Å². The monoisotopic (exact) mass is 268 g/mol. The van der Waals surface area contributed by atoms with Crippen LogP contribution in [0.25, 0.3) is 0 Å². The Balaban J connectivity index is 0.00000256. The second kappa shape index (κ2) is 7.63. The Kier molecular flexibility index (Phi) is 7.75. The predicted molar refractivity (Wildman–Crippen MR) is 60.1 cm³/mol. The van der Waals surface area contributed by atoms with Crippen molar-refractivity contribution in [2.45, 2.75) is 13.3 Å². The molecule has 0 aliphatic carbocycles. The van der Waals surface area contributed by atoms with Crippen LogP contribution in [-0.2, 0) is 0 Å². The molecule has 0 bridgehead atoms. The Morgan fingerprint density at radius 1 is 1.35 bits per heavy atom. The quantitative estimate of drug-likeness (QED) is 0.543. The summed E-state index contributed by atoms with van der Waals surface area (Å²) in [6.45, 7) is 0.927. The van der Waals surface area contributed by atoms with Crippen LogP contribution in [0.3, 0.4) is 0 Å². The molecule has 0 atom stereocenters. The molecular weight excluding hydrogens is 255 g/mol. The summed E-state index contributed by atoms with van der Waals surface area (Å²) in [6.07, 6.45) is 0.753. The van der Waals surface area contributed by atoms with Gasteiger partial charge in [-0.3, -0.25) is 0 Å². The van der Waals surface area contributed by atoms with Crippen molar-refractivity contribution in [3.05, 3.63) is 36.4 Å². The first-order valence-electron chi connectivity index (χ1n) is 5.03. The summed E-state index contributed by atoms with van der Waals surface area (Å²) in [7, 11) is 0. The van der Waals surface area contributed by atoms with E-state index in [4.69, 9.17) is 4.74 Å². The van der Waals surface area contributed by atoms with Gasteiger partial charge in [-0.1, -0.05) is 25.6 Å². The van der Waals surface area contributed by atoms with Gasteiger partial charge < -0.3 is 17.7 Å².